The van der Waals surface area contributed by atoms with Crippen LogP contribution in [0.15, 0.2) is 43.0 Å². The van der Waals surface area contributed by atoms with E-state index in [2.05, 4.69) is 26.5 Å². The van der Waals surface area contributed by atoms with Gasteiger partial charge in [0.05, 0.1) is 32.2 Å². The second-order valence-electron chi connectivity index (χ2n) is 7.29. The molecule has 0 amide bonds. The molecule has 1 aromatic carbocycles. The number of nitrogens with zero attached hydrogens (tertiary/aromatic N) is 5. The zero-order chi connectivity index (χ0) is 25.2. The number of hydrogen-bond donors (Lipinski definition) is 1. The van der Waals surface area contributed by atoms with E-state index in [0.29, 0.717) is 41.2 Å². The van der Waals surface area contributed by atoms with Gasteiger partial charge < -0.3 is 14.2 Å². The molecule has 0 saturated heterocycles. The Labute approximate surface area is 202 Å². The summed E-state index contributed by atoms with van der Waals surface area (Å²) in [5, 5.41) is 5.30. The van der Waals surface area contributed by atoms with E-state index in [1.807, 2.05) is 6.92 Å². The van der Waals surface area contributed by atoms with Crippen LogP contribution in [0.3, 0.4) is 0 Å². The van der Waals surface area contributed by atoms with Gasteiger partial charge in [-0.3, -0.25) is 4.57 Å². The highest BCUT2D eigenvalue weighted by atomic mass is 32.2. The molecule has 0 aliphatic heterocycles. The van der Waals surface area contributed by atoms with E-state index >= 15 is 0 Å². The van der Waals surface area contributed by atoms with Crippen LogP contribution in [0.4, 0.5) is 0 Å². The molecule has 0 aliphatic rings. The third-order valence-corrected chi connectivity index (χ3v) is 5.68. The SMILES string of the molecule is C=Cc1nc2nc(-c3cccc(OCC)n3)n(-c3c(OC)cccc3OC)c2nc1CS(N)(=O)=O. The highest BCUT2D eigenvalue weighted by Gasteiger charge is 2.25. The minimum absolute atomic E-state index is 0.132. The van der Waals surface area contributed by atoms with Gasteiger partial charge >= 0.3 is 0 Å². The number of benzene rings is 1. The number of sulfonamides is 1. The number of primary sulfonamides is 1. The van der Waals surface area contributed by atoms with Gasteiger partial charge in [0, 0.05) is 6.07 Å². The molecular formula is C23H24N6O5S. The number of pyridine rings is 1. The van der Waals surface area contributed by atoms with Gasteiger partial charge in [-0.25, -0.2) is 33.5 Å². The van der Waals surface area contributed by atoms with Crippen molar-refractivity contribution in [2.45, 2.75) is 12.7 Å². The Morgan fingerprint density at radius 1 is 1.03 bits per heavy atom. The molecule has 0 atom stereocenters. The normalized spacial score (nSPS) is 11.4. The summed E-state index contributed by atoms with van der Waals surface area (Å²) >= 11 is 0. The molecular weight excluding hydrogens is 472 g/mol. The number of fused-ring (bicyclic) bond motifs is 1. The quantitative estimate of drug-likeness (QED) is 0.370. The lowest BCUT2D eigenvalue weighted by Gasteiger charge is -2.16. The van der Waals surface area contributed by atoms with Gasteiger partial charge in [0.15, 0.2) is 17.1 Å². The van der Waals surface area contributed by atoms with E-state index in [9.17, 15) is 8.42 Å². The fourth-order valence-corrected chi connectivity index (χ4v) is 4.20. The molecule has 0 radical (unpaired) electrons. The summed E-state index contributed by atoms with van der Waals surface area (Å²) in [6.45, 7) is 6.02. The first-order valence-electron chi connectivity index (χ1n) is 10.5. The van der Waals surface area contributed by atoms with Gasteiger partial charge in [-0.05, 0) is 31.2 Å². The lowest BCUT2D eigenvalue weighted by molar-refractivity contribution is 0.327. The average molecular weight is 497 g/mol. The van der Waals surface area contributed by atoms with Crippen molar-refractivity contribution in [3.63, 3.8) is 0 Å². The Hall–Kier alpha value is -4.03. The topological polar surface area (TPSA) is 144 Å². The molecule has 3 heterocycles. The van der Waals surface area contributed by atoms with Crippen molar-refractivity contribution in [1.82, 2.24) is 24.5 Å². The number of ether oxygens (including phenoxy) is 3. The Morgan fingerprint density at radius 2 is 1.71 bits per heavy atom. The lowest BCUT2D eigenvalue weighted by Crippen LogP contribution is -2.17. The Balaban J connectivity index is 2.12. The van der Waals surface area contributed by atoms with Crippen LogP contribution >= 0.6 is 0 Å². The second-order valence-corrected chi connectivity index (χ2v) is 8.90. The van der Waals surface area contributed by atoms with Gasteiger partial charge in [0.2, 0.25) is 15.9 Å². The van der Waals surface area contributed by atoms with Gasteiger partial charge in [-0.15, -0.1) is 0 Å². The zero-order valence-corrected chi connectivity index (χ0v) is 20.2. The number of para-hydroxylation sites is 1. The molecule has 0 aliphatic carbocycles. The van der Waals surface area contributed by atoms with Gasteiger partial charge in [0.25, 0.3) is 0 Å². The summed E-state index contributed by atoms with van der Waals surface area (Å²) in [4.78, 5) is 18.4. The number of imidazole rings is 1. The van der Waals surface area contributed by atoms with E-state index < -0.39 is 15.8 Å². The molecule has 4 aromatic rings. The number of rotatable bonds is 9. The predicted octanol–water partition coefficient (Wildman–Crippen LogP) is 2.72. The summed E-state index contributed by atoms with van der Waals surface area (Å²) in [6.07, 6.45) is 1.41. The van der Waals surface area contributed by atoms with E-state index in [4.69, 9.17) is 19.3 Å². The van der Waals surface area contributed by atoms with Crippen LogP contribution in [0.2, 0.25) is 0 Å². The van der Waals surface area contributed by atoms with Crippen LogP contribution in [0.1, 0.15) is 18.3 Å². The smallest absolute Gasteiger partial charge is 0.214 e. The molecule has 0 bridgehead atoms. The van der Waals surface area contributed by atoms with E-state index in [-0.39, 0.29) is 22.7 Å². The third-order valence-electron chi connectivity index (χ3n) is 5.00. The molecule has 12 heteroatoms. The molecule has 0 fully saturated rings. The van der Waals surface area contributed by atoms with Crippen LogP contribution in [-0.4, -0.2) is 53.7 Å². The summed E-state index contributed by atoms with van der Waals surface area (Å²) in [5.74, 6) is 1.19. The molecule has 0 saturated carbocycles. The number of nitrogens with two attached hydrogens (primary N) is 1. The minimum atomic E-state index is -3.90. The Morgan fingerprint density at radius 3 is 2.31 bits per heavy atom. The van der Waals surface area contributed by atoms with Crippen LogP contribution in [0.25, 0.3) is 34.6 Å². The maximum absolute atomic E-state index is 11.9. The highest BCUT2D eigenvalue weighted by Crippen LogP contribution is 2.38. The minimum Gasteiger partial charge on any atom is -0.494 e. The first-order valence-corrected chi connectivity index (χ1v) is 12.2. The first kappa shape index (κ1) is 24.1. The van der Waals surface area contributed by atoms with Gasteiger partial charge in [0.1, 0.15) is 28.6 Å². The molecule has 0 spiro atoms. The van der Waals surface area contributed by atoms with Crippen molar-refractivity contribution in [1.29, 1.82) is 0 Å². The van der Waals surface area contributed by atoms with E-state index in [0.717, 1.165) is 0 Å². The Kier molecular flexibility index (Phi) is 6.67. The van der Waals surface area contributed by atoms with Crippen molar-refractivity contribution < 1.29 is 22.6 Å². The van der Waals surface area contributed by atoms with Crippen LogP contribution in [-0.2, 0) is 15.8 Å². The molecule has 2 N–H and O–H groups in total. The Bertz CT molecular complexity index is 1490. The molecule has 3 aromatic heterocycles. The summed E-state index contributed by atoms with van der Waals surface area (Å²) in [6, 6.07) is 10.6. The zero-order valence-electron chi connectivity index (χ0n) is 19.4. The summed E-state index contributed by atoms with van der Waals surface area (Å²) in [7, 11) is -0.844. The largest absolute Gasteiger partial charge is 0.494 e. The number of aromatic nitrogens is 5. The van der Waals surface area contributed by atoms with Crippen molar-refractivity contribution >= 4 is 27.4 Å². The molecule has 4 rings (SSSR count). The number of methoxy groups -OCH3 is 2. The van der Waals surface area contributed by atoms with Gasteiger partial charge in [-0.2, -0.15) is 0 Å². The van der Waals surface area contributed by atoms with Crippen molar-refractivity contribution in [3.05, 3.63) is 54.4 Å². The monoisotopic (exact) mass is 496 g/mol. The van der Waals surface area contributed by atoms with Gasteiger partial charge in [-0.1, -0.05) is 18.7 Å². The molecule has 35 heavy (non-hydrogen) atoms. The maximum Gasteiger partial charge on any atom is 0.214 e. The van der Waals surface area contributed by atoms with Crippen LogP contribution < -0.4 is 19.3 Å². The van der Waals surface area contributed by atoms with Crippen LogP contribution in [0.5, 0.6) is 17.4 Å². The van der Waals surface area contributed by atoms with Crippen molar-refractivity contribution in [2.75, 3.05) is 20.8 Å². The molecule has 11 nitrogen and oxygen atoms in total. The molecule has 182 valence electrons. The van der Waals surface area contributed by atoms with Crippen molar-refractivity contribution in [3.8, 4) is 34.6 Å². The van der Waals surface area contributed by atoms with Crippen LogP contribution in [0, 0.1) is 0 Å². The fraction of sp³-hybridized carbons (Fsp3) is 0.217. The fourth-order valence-electron chi connectivity index (χ4n) is 3.60. The number of hydrogen-bond acceptors (Lipinski definition) is 9. The third kappa shape index (κ3) is 4.79. The second kappa shape index (κ2) is 9.68. The van der Waals surface area contributed by atoms with E-state index in [1.165, 1.54) is 20.3 Å². The molecule has 0 unspecified atom stereocenters. The summed E-state index contributed by atoms with van der Waals surface area (Å²) < 4.78 is 42.2. The average Bonchev–Trinajstić information content (AvgIpc) is 3.20. The highest BCUT2D eigenvalue weighted by molar-refractivity contribution is 7.88. The van der Waals surface area contributed by atoms with E-state index in [1.54, 1.807) is 41.0 Å². The lowest BCUT2D eigenvalue weighted by atomic mass is 10.2. The maximum atomic E-state index is 11.9. The standard InChI is InChI=1S/C23H24N6O5S/c1-5-14-16(13-35(24,30)31)27-23-21(26-14)28-22(15-9-7-12-19(25-15)34-6-2)29(23)20-17(32-3)10-8-11-18(20)33-4/h5,7-12H,1,6,13H2,2-4H3,(H2,24,30,31). The summed E-state index contributed by atoms with van der Waals surface area (Å²) in [5.41, 5.74) is 1.84. The first-order chi connectivity index (χ1) is 16.8. The van der Waals surface area contributed by atoms with Crippen molar-refractivity contribution in [2.24, 2.45) is 5.14 Å². The predicted molar refractivity (Wildman–Crippen MR) is 131 cm³/mol.